The van der Waals surface area contributed by atoms with Crippen LogP contribution in [-0.4, -0.2) is 25.7 Å². The molecule has 0 saturated heterocycles. The number of anilines is 1. The maximum Gasteiger partial charge on any atom is 0.258 e. The van der Waals surface area contributed by atoms with Gasteiger partial charge in [0, 0.05) is 23.9 Å². The number of benzene rings is 3. The van der Waals surface area contributed by atoms with E-state index >= 15 is 0 Å². The molecule has 0 bridgehead atoms. The first-order valence-electron chi connectivity index (χ1n) is 9.70. The summed E-state index contributed by atoms with van der Waals surface area (Å²) in [6.45, 7) is 3.51. The van der Waals surface area contributed by atoms with E-state index in [0.717, 1.165) is 16.8 Å². The molecule has 0 aromatic heterocycles. The van der Waals surface area contributed by atoms with Gasteiger partial charge >= 0.3 is 0 Å². The lowest BCUT2D eigenvalue weighted by Gasteiger charge is -2.24. The Labute approximate surface area is 171 Å². The molecule has 0 aliphatic carbocycles. The zero-order valence-corrected chi connectivity index (χ0v) is 16.4. The van der Waals surface area contributed by atoms with E-state index in [4.69, 9.17) is 9.47 Å². The maximum absolute atomic E-state index is 13.3. The molecule has 3 aromatic rings. The summed E-state index contributed by atoms with van der Waals surface area (Å²) in [5.41, 5.74) is 3.64. The average Bonchev–Trinajstić information content (AvgIpc) is 2.77. The molecule has 0 N–H and O–H groups in total. The van der Waals surface area contributed by atoms with Crippen LogP contribution in [0.5, 0.6) is 11.5 Å². The zero-order chi connectivity index (χ0) is 20.1. The lowest BCUT2D eigenvalue weighted by molar-refractivity contribution is 0.0989. The standard InChI is InChI=1S/C25H23NO3/c1-19-9-11-21(12-10-19)25(27)26(15-5-8-20-6-3-2-4-7-20)22-13-14-23-24(18-22)29-17-16-28-23/h2-14,18H,15-17H2,1H3/b8-5+. The van der Waals surface area contributed by atoms with Gasteiger partial charge in [-0.15, -0.1) is 0 Å². The summed E-state index contributed by atoms with van der Waals surface area (Å²) in [7, 11) is 0. The lowest BCUT2D eigenvalue weighted by Crippen LogP contribution is -2.31. The van der Waals surface area contributed by atoms with Crippen molar-refractivity contribution >= 4 is 17.7 Å². The highest BCUT2D eigenvalue weighted by molar-refractivity contribution is 6.06. The minimum Gasteiger partial charge on any atom is -0.486 e. The minimum absolute atomic E-state index is 0.0561. The molecular weight excluding hydrogens is 362 g/mol. The normalized spacial score (nSPS) is 12.7. The van der Waals surface area contributed by atoms with Crippen molar-refractivity contribution in [1.29, 1.82) is 0 Å². The zero-order valence-electron chi connectivity index (χ0n) is 16.4. The van der Waals surface area contributed by atoms with Crippen LogP contribution in [0.3, 0.4) is 0 Å². The number of rotatable bonds is 5. The van der Waals surface area contributed by atoms with Crippen LogP contribution in [0.1, 0.15) is 21.5 Å². The number of nitrogens with zero attached hydrogens (tertiary/aromatic N) is 1. The third kappa shape index (κ3) is 4.49. The van der Waals surface area contributed by atoms with Crippen LogP contribution in [0, 0.1) is 6.92 Å². The molecule has 1 heterocycles. The summed E-state index contributed by atoms with van der Waals surface area (Å²) in [6.07, 6.45) is 4.02. The van der Waals surface area contributed by atoms with Crippen LogP contribution in [0.4, 0.5) is 5.69 Å². The third-order valence-electron chi connectivity index (χ3n) is 4.78. The van der Waals surface area contributed by atoms with Crippen molar-refractivity contribution in [2.45, 2.75) is 6.92 Å². The molecule has 4 rings (SSSR count). The number of carbonyl (C=O) groups excluding carboxylic acids is 1. The second-order valence-corrected chi connectivity index (χ2v) is 6.92. The van der Waals surface area contributed by atoms with Gasteiger partial charge in [0.05, 0.1) is 0 Å². The van der Waals surface area contributed by atoms with E-state index in [-0.39, 0.29) is 5.91 Å². The number of aryl methyl sites for hydroxylation is 1. The highest BCUT2D eigenvalue weighted by Crippen LogP contribution is 2.34. The van der Waals surface area contributed by atoms with Gasteiger partial charge in [0.25, 0.3) is 5.91 Å². The molecule has 146 valence electrons. The second kappa shape index (κ2) is 8.65. The van der Waals surface area contributed by atoms with Gasteiger partial charge in [-0.1, -0.05) is 60.2 Å². The quantitative estimate of drug-likeness (QED) is 0.611. The van der Waals surface area contributed by atoms with E-state index in [1.54, 1.807) is 4.90 Å². The molecule has 1 aliphatic rings. The fourth-order valence-corrected chi connectivity index (χ4v) is 3.22. The predicted molar refractivity (Wildman–Crippen MR) is 116 cm³/mol. The number of hydrogen-bond donors (Lipinski definition) is 0. The fraction of sp³-hybridized carbons (Fsp3) is 0.160. The van der Waals surface area contributed by atoms with Crippen LogP contribution in [-0.2, 0) is 0 Å². The summed E-state index contributed by atoms with van der Waals surface area (Å²) >= 11 is 0. The summed E-state index contributed by atoms with van der Waals surface area (Å²) in [5.74, 6) is 1.32. The van der Waals surface area contributed by atoms with Crippen LogP contribution < -0.4 is 14.4 Å². The molecule has 0 fully saturated rings. The Kier molecular flexibility index (Phi) is 5.61. The maximum atomic E-state index is 13.3. The molecule has 0 radical (unpaired) electrons. The highest BCUT2D eigenvalue weighted by Gasteiger charge is 2.20. The lowest BCUT2D eigenvalue weighted by atomic mass is 10.1. The van der Waals surface area contributed by atoms with Gasteiger partial charge in [0.1, 0.15) is 13.2 Å². The third-order valence-corrected chi connectivity index (χ3v) is 4.78. The Bertz CT molecular complexity index is 1010. The van der Waals surface area contributed by atoms with Gasteiger partial charge in [0.15, 0.2) is 11.5 Å². The molecule has 29 heavy (non-hydrogen) atoms. The largest absolute Gasteiger partial charge is 0.486 e. The molecule has 0 unspecified atom stereocenters. The van der Waals surface area contributed by atoms with E-state index in [0.29, 0.717) is 36.8 Å². The van der Waals surface area contributed by atoms with Crippen molar-refractivity contribution in [2.75, 3.05) is 24.7 Å². The Hall–Kier alpha value is -3.53. The number of carbonyl (C=O) groups is 1. The summed E-state index contributed by atoms with van der Waals surface area (Å²) in [6, 6.07) is 23.3. The van der Waals surface area contributed by atoms with Gasteiger partial charge in [-0.25, -0.2) is 0 Å². The molecule has 0 saturated carbocycles. The predicted octanol–water partition coefficient (Wildman–Crippen LogP) is 5.13. The van der Waals surface area contributed by atoms with Crippen molar-refractivity contribution in [2.24, 2.45) is 0 Å². The van der Waals surface area contributed by atoms with Gasteiger partial charge in [-0.2, -0.15) is 0 Å². The van der Waals surface area contributed by atoms with Crippen molar-refractivity contribution in [1.82, 2.24) is 0 Å². The second-order valence-electron chi connectivity index (χ2n) is 6.92. The van der Waals surface area contributed by atoms with Gasteiger partial charge < -0.3 is 14.4 Å². The van der Waals surface area contributed by atoms with Crippen LogP contribution in [0.2, 0.25) is 0 Å². The Morgan fingerprint density at radius 1 is 0.931 bits per heavy atom. The first kappa shape index (κ1) is 18.8. The molecule has 0 atom stereocenters. The SMILES string of the molecule is Cc1ccc(C(=O)N(C/C=C/c2ccccc2)c2ccc3c(c2)OCCO3)cc1. The first-order valence-corrected chi connectivity index (χ1v) is 9.70. The Morgan fingerprint density at radius 3 is 2.41 bits per heavy atom. The Balaban J connectivity index is 1.63. The van der Waals surface area contributed by atoms with E-state index in [9.17, 15) is 4.79 Å². The Morgan fingerprint density at radius 2 is 1.66 bits per heavy atom. The molecule has 3 aromatic carbocycles. The first-order chi connectivity index (χ1) is 14.2. The summed E-state index contributed by atoms with van der Waals surface area (Å²) < 4.78 is 11.3. The topological polar surface area (TPSA) is 38.8 Å². The highest BCUT2D eigenvalue weighted by atomic mass is 16.6. The molecular formula is C25H23NO3. The van der Waals surface area contributed by atoms with Gasteiger partial charge in [-0.05, 0) is 36.8 Å². The monoisotopic (exact) mass is 385 g/mol. The van der Waals surface area contributed by atoms with E-state index < -0.39 is 0 Å². The number of hydrogen-bond acceptors (Lipinski definition) is 3. The van der Waals surface area contributed by atoms with E-state index in [1.807, 2.05) is 91.9 Å². The van der Waals surface area contributed by atoms with Crippen LogP contribution >= 0.6 is 0 Å². The van der Waals surface area contributed by atoms with E-state index in [1.165, 1.54) is 0 Å². The molecule has 0 spiro atoms. The molecule has 1 amide bonds. The van der Waals surface area contributed by atoms with Crippen molar-refractivity contribution in [3.8, 4) is 11.5 Å². The fourth-order valence-electron chi connectivity index (χ4n) is 3.22. The van der Waals surface area contributed by atoms with Crippen LogP contribution in [0.25, 0.3) is 6.08 Å². The van der Waals surface area contributed by atoms with Gasteiger partial charge in [0.2, 0.25) is 0 Å². The number of amides is 1. The molecule has 4 nitrogen and oxygen atoms in total. The smallest absolute Gasteiger partial charge is 0.258 e. The summed E-state index contributed by atoms with van der Waals surface area (Å²) in [4.78, 5) is 15.0. The minimum atomic E-state index is -0.0561. The van der Waals surface area contributed by atoms with Crippen LogP contribution in [0.15, 0.2) is 78.9 Å². The van der Waals surface area contributed by atoms with Crippen molar-refractivity contribution in [3.05, 3.63) is 95.6 Å². The van der Waals surface area contributed by atoms with Gasteiger partial charge in [-0.3, -0.25) is 4.79 Å². The van der Waals surface area contributed by atoms with Crippen molar-refractivity contribution in [3.63, 3.8) is 0 Å². The number of fused-ring (bicyclic) bond motifs is 1. The summed E-state index contributed by atoms with van der Waals surface area (Å²) in [5, 5.41) is 0. The van der Waals surface area contributed by atoms with Crippen molar-refractivity contribution < 1.29 is 14.3 Å². The molecule has 4 heteroatoms. The molecule has 1 aliphatic heterocycles. The number of ether oxygens (including phenoxy) is 2. The average molecular weight is 385 g/mol. The van der Waals surface area contributed by atoms with E-state index in [2.05, 4.69) is 0 Å².